The molecule has 0 aliphatic rings. The van der Waals surface area contributed by atoms with E-state index in [1.807, 2.05) is 0 Å². The third kappa shape index (κ3) is 18.1. The summed E-state index contributed by atoms with van der Waals surface area (Å²) in [6.07, 6.45) is 18.2. The highest BCUT2D eigenvalue weighted by Gasteiger charge is 2.28. The fourth-order valence-corrected chi connectivity index (χ4v) is 3.91. The number of aliphatic hydroxyl groups excluding tert-OH is 4. The van der Waals surface area contributed by atoms with Crippen LogP contribution in [0.3, 0.4) is 0 Å². The van der Waals surface area contributed by atoms with Crippen molar-refractivity contribution in [3.8, 4) is 0 Å². The topological polar surface area (TPSA) is 110 Å². The van der Waals surface area contributed by atoms with Gasteiger partial charge in [-0.25, -0.2) is 0 Å². The Balaban J connectivity index is 4.01. The predicted molar refractivity (Wildman–Crippen MR) is 136 cm³/mol. The smallest absolute Gasteiger partial charge is 0.249 e. The minimum atomic E-state index is -1.25. The molecule has 0 aromatic carbocycles. The van der Waals surface area contributed by atoms with Crippen LogP contribution >= 0.6 is 0 Å². The van der Waals surface area contributed by atoms with E-state index in [1.165, 1.54) is 38.5 Å². The molecule has 33 heavy (non-hydrogen) atoms. The number of hydrogen-bond donors (Lipinski definition) is 5. The second-order valence-corrected chi connectivity index (χ2v) is 9.39. The van der Waals surface area contributed by atoms with Crippen molar-refractivity contribution < 1.29 is 25.2 Å². The summed E-state index contributed by atoms with van der Waals surface area (Å²) in [7, 11) is 0. The molecule has 0 aliphatic heterocycles. The Kier molecular flexibility index (Phi) is 22.2. The molecule has 0 saturated carbocycles. The molecule has 0 radical (unpaired) electrons. The van der Waals surface area contributed by atoms with Gasteiger partial charge in [0.15, 0.2) is 0 Å². The molecule has 4 atom stereocenters. The average molecular weight is 472 g/mol. The summed E-state index contributed by atoms with van der Waals surface area (Å²) in [5.74, 6) is -0.602. The van der Waals surface area contributed by atoms with Crippen molar-refractivity contribution in [3.05, 3.63) is 12.2 Å². The van der Waals surface area contributed by atoms with Gasteiger partial charge in [-0.15, -0.1) is 0 Å². The number of aliphatic hydroxyl groups is 4. The molecule has 196 valence electrons. The normalized spacial score (nSPS) is 15.5. The number of allylic oxidation sites excluding steroid dienone is 2. The maximum absolute atomic E-state index is 12.2. The Hall–Kier alpha value is -0.950. The molecule has 1 amide bonds. The van der Waals surface area contributed by atoms with Crippen molar-refractivity contribution in [2.24, 2.45) is 0 Å². The van der Waals surface area contributed by atoms with Crippen LogP contribution < -0.4 is 5.32 Å². The quantitative estimate of drug-likeness (QED) is 0.109. The van der Waals surface area contributed by atoms with E-state index in [0.29, 0.717) is 12.8 Å². The van der Waals surface area contributed by atoms with Gasteiger partial charge >= 0.3 is 0 Å². The maximum atomic E-state index is 12.2. The number of carbonyl (C=O) groups excluding carboxylic acids is 1. The SMILES string of the molecule is CCCC/C=C\CCCCCCC(O)C(=O)NC(CO)C(O)C(O)CCCCCCCCC. The van der Waals surface area contributed by atoms with E-state index in [4.69, 9.17) is 0 Å². The van der Waals surface area contributed by atoms with Crippen molar-refractivity contribution in [1.82, 2.24) is 5.32 Å². The molecule has 6 heteroatoms. The zero-order valence-electron chi connectivity index (χ0n) is 21.4. The average Bonchev–Trinajstić information content (AvgIpc) is 2.82. The lowest BCUT2D eigenvalue weighted by molar-refractivity contribution is -0.132. The van der Waals surface area contributed by atoms with E-state index in [-0.39, 0.29) is 0 Å². The van der Waals surface area contributed by atoms with Gasteiger partial charge in [0.05, 0.1) is 18.8 Å². The molecule has 0 rings (SSSR count). The lowest BCUT2D eigenvalue weighted by Crippen LogP contribution is -2.53. The monoisotopic (exact) mass is 471 g/mol. The van der Waals surface area contributed by atoms with Gasteiger partial charge in [-0.3, -0.25) is 4.79 Å². The number of amides is 1. The van der Waals surface area contributed by atoms with Crippen LogP contribution in [-0.4, -0.2) is 57.3 Å². The zero-order chi connectivity index (χ0) is 24.7. The van der Waals surface area contributed by atoms with Crippen molar-refractivity contribution in [3.63, 3.8) is 0 Å². The maximum Gasteiger partial charge on any atom is 0.249 e. The van der Waals surface area contributed by atoms with Crippen LogP contribution in [0, 0.1) is 0 Å². The largest absolute Gasteiger partial charge is 0.394 e. The molecular weight excluding hydrogens is 418 g/mol. The number of nitrogens with one attached hydrogen (secondary N) is 1. The third-order valence-corrected chi connectivity index (χ3v) is 6.23. The highest BCUT2D eigenvalue weighted by Crippen LogP contribution is 2.13. The van der Waals surface area contributed by atoms with Crippen molar-refractivity contribution in [2.75, 3.05) is 6.61 Å². The minimum absolute atomic E-state index is 0.354. The van der Waals surface area contributed by atoms with Crippen LogP contribution in [0.5, 0.6) is 0 Å². The fraction of sp³-hybridized carbons (Fsp3) is 0.889. The summed E-state index contributed by atoms with van der Waals surface area (Å²) in [5.41, 5.74) is 0. The summed E-state index contributed by atoms with van der Waals surface area (Å²) in [6.45, 7) is 3.89. The first-order chi connectivity index (χ1) is 16.0. The first-order valence-corrected chi connectivity index (χ1v) is 13.6. The van der Waals surface area contributed by atoms with Crippen LogP contribution in [0.15, 0.2) is 12.2 Å². The van der Waals surface area contributed by atoms with Crippen molar-refractivity contribution in [1.29, 1.82) is 0 Å². The minimum Gasteiger partial charge on any atom is -0.394 e. The van der Waals surface area contributed by atoms with E-state index in [9.17, 15) is 25.2 Å². The number of unbranched alkanes of at least 4 members (excludes halogenated alkanes) is 12. The highest BCUT2D eigenvalue weighted by molar-refractivity contribution is 5.80. The number of hydrogen-bond acceptors (Lipinski definition) is 5. The molecule has 0 heterocycles. The Morgan fingerprint density at radius 1 is 0.727 bits per heavy atom. The van der Waals surface area contributed by atoms with E-state index >= 15 is 0 Å². The van der Waals surface area contributed by atoms with Crippen LogP contribution in [0.4, 0.5) is 0 Å². The molecule has 6 nitrogen and oxygen atoms in total. The van der Waals surface area contributed by atoms with Crippen LogP contribution in [0.1, 0.15) is 123 Å². The highest BCUT2D eigenvalue weighted by atomic mass is 16.3. The van der Waals surface area contributed by atoms with Gasteiger partial charge in [-0.1, -0.05) is 103 Å². The Morgan fingerprint density at radius 3 is 1.85 bits per heavy atom. The summed E-state index contributed by atoms with van der Waals surface area (Å²) < 4.78 is 0. The molecule has 0 aromatic heterocycles. The molecule has 0 spiro atoms. The van der Waals surface area contributed by atoms with E-state index in [1.54, 1.807) is 0 Å². The van der Waals surface area contributed by atoms with Crippen molar-refractivity contribution >= 4 is 5.91 Å². The van der Waals surface area contributed by atoms with Crippen LogP contribution in [0.25, 0.3) is 0 Å². The van der Waals surface area contributed by atoms with Gasteiger partial charge in [0.1, 0.15) is 12.2 Å². The summed E-state index contributed by atoms with van der Waals surface area (Å²) in [6, 6.07) is -0.980. The third-order valence-electron chi connectivity index (χ3n) is 6.23. The van der Waals surface area contributed by atoms with Gasteiger partial charge in [-0.05, 0) is 32.1 Å². The van der Waals surface area contributed by atoms with Crippen LogP contribution in [-0.2, 0) is 4.79 Å². The van der Waals surface area contributed by atoms with Gasteiger partial charge in [0, 0.05) is 0 Å². The van der Waals surface area contributed by atoms with Crippen molar-refractivity contribution in [2.45, 2.75) is 147 Å². The lowest BCUT2D eigenvalue weighted by atomic mass is 9.99. The van der Waals surface area contributed by atoms with Gasteiger partial charge in [-0.2, -0.15) is 0 Å². The fourth-order valence-electron chi connectivity index (χ4n) is 3.91. The zero-order valence-corrected chi connectivity index (χ0v) is 21.4. The Bertz CT molecular complexity index is 471. The Morgan fingerprint density at radius 2 is 1.24 bits per heavy atom. The standard InChI is InChI=1S/C27H53NO5/c1-3-5-7-9-11-12-13-15-17-19-21-25(31)27(33)28-23(22-29)26(32)24(30)20-18-16-14-10-8-6-4-2/h9,11,23-26,29-32H,3-8,10,12-22H2,1-2H3,(H,28,33)/b11-9-. The molecule has 0 aliphatic carbocycles. The molecule has 4 unspecified atom stereocenters. The first kappa shape index (κ1) is 32.0. The number of carbonyl (C=O) groups is 1. The van der Waals surface area contributed by atoms with Gasteiger partial charge in [0.25, 0.3) is 0 Å². The lowest BCUT2D eigenvalue weighted by Gasteiger charge is -2.27. The first-order valence-electron chi connectivity index (χ1n) is 13.6. The van der Waals surface area contributed by atoms with Crippen LogP contribution in [0.2, 0.25) is 0 Å². The second-order valence-electron chi connectivity index (χ2n) is 9.39. The molecule has 5 N–H and O–H groups in total. The van der Waals surface area contributed by atoms with Gasteiger partial charge < -0.3 is 25.7 Å². The molecule has 0 bridgehead atoms. The second kappa shape index (κ2) is 22.8. The van der Waals surface area contributed by atoms with E-state index in [0.717, 1.165) is 57.8 Å². The van der Waals surface area contributed by atoms with E-state index < -0.39 is 36.9 Å². The number of rotatable bonds is 23. The molecular formula is C27H53NO5. The summed E-state index contributed by atoms with van der Waals surface area (Å²) in [5, 5.41) is 42.7. The summed E-state index contributed by atoms with van der Waals surface area (Å²) in [4.78, 5) is 12.2. The predicted octanol–water partition coefficient (Wildman–Crippen LogP) is 4.77. The molecule has 0 aromatic rings. The molecule has 0 fully saturated rings. The Labute approximate surface area is 202 Å². The van der Waals surface area contributed by atoms with E-state index in [2.05, 4.69) is 31.3 Å². The summed E-state index contributed by atoms with van der Waals surface area (Å²) >= 11 is 0. The van der Waals surface area contributed by atoms with Gasteiger partial charge in [0.2, 0.25) is 5.91 Å². The molecule has 0 saturated heterocycles.